The van der Waals surface area contributed by atoms with Crippen LogP contribution < -0.4 is 5.32 Å². The van der Waals surface area contributed by atoms with Crippen LogP contribution in [0.5, 0.6) is 0 Å². The molecule has 1 fully saturated rings. The summed E-state index contributed by atoms with van der Waals surface area (Å²) in [7, 11) is 0. The Hall–Kier alpha value is -1.28. The molecule has 1 aliphatic rings. The number of aromatic nitrogens is 1. The van der Waals surface area contributed by atoms with E-state index in [1.165, 1.54) is 31.4 Å². The Balaban J connectivity index is 1.94. The standard InChI is InChI=1S/C17H21ClN2/c1-17(2)9-4-3-5-16(17)20-14-8-10-19-15-11-12(18)6-7-13(14)15/h6-8,10-11,16H,3-5,9H2,1-2H3,(H,19,20). The van der Waals surface area contributed by atoms with Gasteiger partial charge in [0.15, 0.2) is 0 Å². The number of halogens is 1. The molecule has 0 amide bonds. The van der Waals surface area contributed by atoms with Crippen LogP contribution in [0.25, 0.3) is 10.9 Å². The van der Waals surface area contributed by atoms with Crippen molar-refractivity contribution in [2.24, 2.45) is 5.41 Å². The van der Waals surface area contributed by atoms with Crippen LogP contribution in [0, 0.1) is 5.41 Å². The van der Waals surface area contributed by atoms with E-state index in [1.54, 1.807) is 0 Å². The molecular formula is C17H21ClN2. The fraction of sp³-hybridized carbons (Fsp3) is 0.471. The summed E-state index contributed by atoms with van der Waals surface area (Å²) in [6.45, 7) is 4.73. The molecule has 1 aromatic carbocycles. The van der Waals surface area contributed by atoms with Crippen molar-refractivity contribution in [3.63, 3.8) is 0 Å². The van der Waals surface area contributed by atoms with Crippen LogP contribution in [0.1, 0.15) is 39.5 Å². The van der Waals surface area contributed by atoms with Gasteiger partial charge in [0.25, 0.3) is 0 Å². The molecule has 0 saturated heterocycles. The van der Waals surface area contributed by atoms with Gasteiger partial charge in [-0.2, -0.15) is 0 Å². The summed E-state index contributed by atoms with van der Waals surface area (Å²) in [6, 6.07) is 8.51. The molecular weight excluding hydrogens is 268 g/mol. The molecule has 1 unspecified atom stereocenters. The van der Waals surface area contributed by atoms with E-state index in [2.05, 4.69) is 36.3 Å². The van der Waals surface area contributed by atoms with Crippen molar-refractivity contribution in [1.29, 1.82) is 0 Å². The predicted molar refractivity (Wildman–Crippen MR) is 86.4 cm³/mol. The van der Waals surface area contributed by atoms with Gasteiger partial charge in [-0.1, -0.05) is 38.3 Å². The van der Waals surface area contributed by atoms with E-state index < -0.39 is 0 Å². The van der Waals surface area contributed by atoms with E-state index in [-0.39, 0.29) is 0 Å². The van der Waals surface area contributed by atoms with E-state index in [9.17, 15) is 0 Å². The van der Waals surface area contributed by atoms with Crippen LogP contribution >= 0.6 is 11.6 Å². The van der Waals surface area contributed by atoms with Gasteiger partial charge in [-0.15, -0.1) is 0 Å². The number of hydrogen-bond acceptors (Lipinski definition) is 2. The summed E-state index contributed by atoms with van der Waals surface area (Å²) in [5, 5.41) is 5.64. The Morgan fingerprint density at radius 1 is 1.25 bits per heavy atom. The summed E-state index contributed by atoms with van der Waals surface area (Å²) >= 11 is 6.05. The fourth-order valence-electron chi connectivity index (χ4n) is 3.20. The highest BCUT2D eigenvalue weighted by Gasteiger charge is 2.32. The van der Waals surface area contributed by atoms with Gasteiger partial charge >= 0.3 is 0 Å². The second-order valence-electron chi connectivity index (χ2n) is 6.45. The molecule has 1 atom stereocenters. The number of hydrogen-bond donors (Lipinski definition) is 1. The Labute approximate surface area is 125 Å². The Morgan fingerprint density at radius 2 is 2.10 bits per heavy atom. The van der Waals surface area contributed by atoms with Gasteiger partial charge in [-0.25, -0.2) is 0 Å². The SMILES string of the molecule is CC1(C)CCCCC1Nc1ccnc2cc(Cl)ccc12. The van der Waals surface area contributed by atoms with Crippen molar-refractivity contribution >= 4 is 28.2 Å². The van der Waals surface area contributed by atoms with Crippen molar-refractivity contribution in [2.75, 3.05) is 5.32 Å². The first kappa shape index (κ1) is 13.7. The quantitative estimate of drug-likeness (QED) is 0.814. The molecule has 0 aliphatic heterocycles. The number of fused-ring (bicyclic) bond motifs is 1. The summed E-state index contributed by atoms with van der Waals surface area (Å²) in [5.74, 6) is 0. The Bertz CT molecular complexity index is 621. The minimum atomic E-state index is 0.347. The van der Waals surface area contributed by atoms with Crippen LogP contribution in [0.2, 0.25) is 5.02 Å². The van der Waals surface area contributed by atoms with E-state index in [1.807, 2.05) is 18.3 Å². The molecule has 1 aliphatic carbocycles. The monoisotopic (exact) mass is 288 g/mol. The minimum Gasteiger partial charge on any atom is -0.381 e. The highest BCUT2D eigenvalue weighted by molar-refractivity contribution is 6.31. The predicted octanol–water partition coefficient (Wildman–Crippen LogP) is 5.27. The van der Waals surface area contributed by atoms with Crippen LogP contribution in [-0.2, 0) is 0 Å². The molecule has 1 N–H and O–H groups in total. The average Bonchev–Trinajstić information content (AvgIpc) is 2.41. The first-order chi connectivity index (χ1) is 9.56. The van der Waals surface area contributed by atoms with E-state index in [0.717, 1.165) is 15.9 Å². The molecule has 2 aromatic rings. The lowest BCUT2D eigenvalue weighted by molar-refractivity contribution is 0.217. The number of benzene rings is 1. The first-order valence-corrected chi connectivity index (χ1v) is 7.75. The number of nitrogens with one attached hydrogen (secondary N) is 1. The minimum absolute atomic E-state index is 0.347. The van der Waals surface area contributed by atoms with Crippen LogP contribution in [-0.4, -0.2) is 11.0 Å². The lowest BCUT2D eigenvalue weighted by Crippen LogP contribution is -2.38. The van der Waals surface area contributed by atoms with Gasteiger partial charge in [0.1, 0.15) is 0 Å². The smallest absolute Gasteiger partial charge is 0.0737 e. The van der Waals surface area contributed by atoms with Gasteiger partial charge in [-0.3, -0.25) is 4.98 Å². The van der Waals surface area contributed by atoms with E-state index >= 15 is 0 Å². The van der Waals surface area contributed by atoms with Gasteiger partial charge in [0.2, 0.25) is 0 Å². The summed E-state index contributed by atoms with van der Waals surface area (Å²) < 4.78 is 0. The molecule has 0 bridgehead atoms. The molecule has 1 saturated carbocycles. The average molecular weight is 289 g/mol. The maximum atomic E-state index is 6.05. The summed E-state index contributed by atoms with van der Waals surface area (Å²) in [5.41, 5.74) is 2.48. The van der Waals surface area contributed by atoms with Crippen molar-refractivity contribution in [3.05, 3.63) is 35.5 Å². The molecule has 3 rings (SSSR count). The first-order valence-electron chi connectivity index (χ1n) is 7.37. The third-order valence-corrected chi connectivity index (χ3v) is 4.78. The number of nitrogens with zero attached hydrogens (tertiary/aromatic N) is 1. The molecule has 3 heteroatoms. The maximum absolute atomic E-state index is 6.05. The lowest BCUT2D eigenvalue weighted by atomic mass is 9.73. The van der Waals surface area contributed by atoms with Gasteiger partial charge in [-0.05, 0) is 42.5 Å². The third-order valence-electron chi connectivity index (χ3n) is 4.54. The molecule has 0 radical (unpaired) electrons. The highest BCUT2D eigenvalue weighted by atomic mass is 35.5. The van der Waals surface area contributed by atoms with E-state index in [0.29, 0.717) is 11.5 Å². The van der Waals surface area contributed by atoms with Crippen molar-refractivity contribution in [2.45, 2.75) is 45.6 Å². The van der Waals surface area contributed by atoms with Crippen LogP contribution in [0.4, 0.5) is 5.69 Å². The topological polar surface area (TPSA) is 24.9 Å². The molecule has 0 spiro atoms. The van der Waals surface area contributed by atoms with Crippen molar-refractivity contribution < 1.29 is 0 Å². The highest BCUT2D eigenvalue weighted by Crippen LogP contribution is 2.38. The second kappa shape index (κ2) is 5.25. The summed E-state index contributed by atoms with van der Waals surface area (Å²) in [6.07, 6.45) is 7.05. The van der Waals surface area contributed by atoms with E-state index in [4.69, 9.17) is 11.6 Å². The molecule has 106 valence electrons. The largest absolute Gasteiger partial charge is 0.381 e. The maximum Gasteiger partial charge on any atom is 0.0737 e. The zero-order valence-corrected chi connectivity index (χ0v) is 12.9. The Morgan fingerprint density at radius 3 is 2.90 bits per heavy atom. The number of anilines is 1. The lowest BCUT2D eigenvalue weighted by Gasteiger charge is -2.39. The third kappa shape index (κ3) is 2.62. The van der Waals surface area contributed by atoms with Crippen LogP contribution in [0.3, 0.4) is 0 Å². The number of pyridine rings is 1. The molecule has 20 heavy (non-hydrogen) atoms. The van der Waals surface area contributed by atoms with Gasteiger partial charge < -0.3 is 5.32 Å². The zero-order chi connectivity index (χ0) is 14.2. The second-order valence-corrected chi connectivity index (χ2v) is 6.89. The number of rotatable bonds is 2. The van der Waals surface area contributed by atoms with Gasteiger partial charge in [0, 0.05) is 28.3 Å². The Kier molecular flexibility index (Phi) is 3.59. The van der Waals surface area contributed by atoms with Gasteiger partial charge in [0.05, 0.1) is 5.52 Å². The fourth-order valence-corrected chi connectivity index (χ4v) is 3.36. The molecule has 1 aromatic heterocycles. The van der Waals surface area contributed by atoms with Crippen LogP contribution in [0.15, 0.2) is 30.5 Å². The zero-order valence-electron chi connectivity index (χ0n) is 12.1. The summed E-state index contributed by atoms with van der Waals surface area (Å²) in [4.78, 5) is 4.41. The molecule has 1 heterocycles. The molecule has 2 nitrogen and oxygen atoms in total. The van der Waals surface area contributed by atoms with Crippen molar-refractivity contribution in [3.8, 4) is 0 Å². The normalized spacial score (nSPS) is 21.9. The van der Waals surface area contributed by atoms with Crippen molar-refractivity contribution in [1.82, 2.24) is 4.98 Å².